The van der Waals surface area contributed by atoms with E-state index >= 15 is 0 Å². The molecule has 0 N–H and O–H groups in total. The van der Waals surface area contributed by atoms with Gasteiger partial charge in [0.1, 0.15) is 0 Å². The molecule has 0 aliphatic carbocycles. The molecule has 1 heteroatoms. The van der Waals surface area contributed by atoms with E-state index in [1.807, 2.05) is 6.08 Å². The predicted molar refractivity (Wildman–Crippen MR) is 45.5 cm³/mol. The van der Waals surface area contributed by atoms with Crippen LogP contribution in [0.5, 0.6) is 0 Å². The van der Waals surface area contributed by atoms with Crippen molar-refractivity contribution in [3.63, 3.8) is 0 Å². The SMILES string of the molecule is C=CCC1CCCN=C1C. The standard InChI is InChI=1S/C9H15N/c1-3-5-9-6-4-7-10-8(9)2/h3,9H,1,4-7H2,2H3. The van der Waals surface area contributed by atoms with Crippen molar-refractivity contribution in [1.29, 1.82) is 0 Å². The maximum Gasteiger partial charge on any atom is 0.0388 e. The Hall–Kier alpha value is -0.590. The van der Waals surface area contributed by atoms with E-state index in [4.69, 9.17) is 0 Å². The summed E-state index contributed by atoms with van der Waals surface area (Å²) in [5, 5.41) is 0. The van der Waals surface area contributed by atoms with Crippen LogP contribution in [0.2, 0.25) is 0 Å². The highest BCUT2D eigenvalue weighted by atomic mass is 14.7. The van der Waals surface area contributed by atoms with E-state index in [1.165, 1.54) is 18.6 Å². The summed E-state index contributed by atoms with van der Waals surface area (Å²) in [5.41, 5.74) is 1.33. The zero-order valence-corrected chi connectivity index (χ0v) is 6.64. The molecule has 1 aliphatic heterocycles. The largest absolute Gasteiger partial charge is 0.294 e. The fourth-order valence-corrected chi connectivity index (χ4v) is 1.42. The third-order valence-corrected chi connectivity index (χ3v) is 2.11. The molecule has 1 atom stereocenters. The van der Waals surface area contributed by atoms with E-state index in [1.54, 1.807) is 0 Å². The van der Waals surface area contributed by atoms with Gasteiger partial charge in [0, 0.05) is 18.2 Å². The summed E-state index contributed by atoms with van der Waals surface area (Å²) in [5.74, 6) is 0.700. The summed E-state index contributed by atoms with van der Waals surface area (Å²) in [4.78, 5) is 4.40. The molecule has 0 aromatic rings. The Morgan fingerprint density at radius 1 is 1.80 bits per heavy atom. The average molecular weight is 137 g/mol. The van der Waals surface area contributed by atoms with E-state index in [9.17, 15) is 0 Å². The maximum atomic E-state index is 4.40. The van der Waals surface area contributed by atoms with Crippen molar-refractivity contribution in [3.05, 3.63) is 12.7 Å². The molecule has 0 bridgehead atoms. The van der Waals surface area contributed by atoms with Gasteiger partial charge in [-0.15, -0.1) is 6.58 Å². The number of allylic oxidation sites excluding steroid dienone is 1. The number of hydrogen-bond acceptors (Lipinski definition) is 1. The van der Waals surface area contributed by atoms with Crippen LogP contribution in [0.4, 0.5) is 0 Å². The lowest BCUT2D eigenvalue weighted by molar-refractivity contribution is 0.571. The van der Waals surface area contributed by atoms with Crippen LogP contribution in [0.3, 0.4) is 0 Å². The average Bonchev–Trinajstić information content (AvgIpc) is 1.94. The lowest BCUT2D eigenvalue weighted by Gasteiger charge is -2.18. The smallest absolute Gasteiger partial charge is 0.0388 e. The Balaban J connectivity index is 2.49. The lowest BCUT2D eigenvalue weighted by atomic mass is 9.93. The second-order valence-electron chi connectivity index (χ2n) is 2.89. The van der Waals surface area contributed by atoms with Crippen LogP contribution in [-0.2, 0) is 0 Å². The topological polar surface area (TPSA) is 12.4 Å². The van der Waals surface area contributed by atoms with Crippen LogP contribution in [0, 0.1) is 5.92 Å². The Labute approximate surface area is 62.9 Å². The molecule has 1 unspecified atom stereocenters. The lowest BCUT2D eigenvalue weighted by Crippen LogP contribution is -2.15. The van der Waals surface area contributed by atoms with Crippen molar-refractivity contribution >= 4 is 5.71 Å². The van der Waals surface area contributed by atoms with Crippen LogP contribution >= 0.6 is 0 Å². The van der Waals surface area contributed by atoms with E-state index in [0.29, 0.717) is 5.92 Å². The first kappa shape index (κ1) is 7.52. The molecule has 0 radical (unpaired) electrons. The first-order chi connectivity index (χ1) is 4.84. The van der Waals surface area contributed by atoms with Gasteiger partial charge in [-0.3, -0.25) is 4.99 Å². The van der Waals surface area contributed by atoms with E-state index in [-0.39, 0.29) is 0 Å². The molecule has 0 saturated heterocycles. The second kappa shape index (κ2) is 3.55. The van der Waals surface area contributed by atoms with Crippen LogP contribution < -0.4 is 0 Å². The van der Waals surface area contributed by atoms with Crippen molar-refractivity contribution in [2.24, 2.45) is 10.9 Å². The maximum absolute atomic E-state index is 4.40. The van der Waals surface area contributed by atoms with Crippen molar-refractivity contribution < 1.29 is 0 Å². The molecule has 0 aromatic carbocycles. The van der Waals surface area contributed by atoms with Gasteiger partial charge < -0.3 is 0 Å². The molecule has 0 spiro atoms. The number of hydrogen-bond donors (Lipinski definition) is 0. The van der Waals surface area contributed by atoms with Gasteiger partial charge in [0.2, 0.25) is 0 Å². The molecule has 0 amide bonds. The fourth-order valence-electron chi connectivity index (χ4n) is 1.42. The molecule has 56 valence electrons. The monoisotopic (exact) mass is 137 g/mol. The molecule has 1 heterocycles. The van der Waals surface area contributed by atoms with Crippen LogP contribution in [-0.4, -0.2) is 12.3 Å². The van der Waals surface area contributed by atoms with Gasteiger partial charge in [-0.25, -0.2) is 0 Å². The zero-order chi connectivity index (χ0) is 7.40. The molecule has 1 rings (SSSR count). The molecule has 1 nitrogen and oxygen atoms in total. The summed E-state index contributed by atoms with van der Waals surface area (Å²) in [6.07, 6.45) is 5.67. The number of nitrogens with zero attached hydrogens (tertiary/aromatic N) is 1. The van der Waals surface area contributed by atoms with Gasteiger partial charge in [0.25, 0.3) is 0 Å². The van der Waals surface area contributed by atoms with Gasteiger partial charge in [-0.05, 0) is 26.2 Å². The molecule has 0 aromatic heterocycles. The van der Waals surface area contributed by atoms with E-state index in [2.05, 4.69) is 18.5 Å². The van der Waals surface area contributed by atoms with Crippen molar-refractivity contribution in [1.82, 2.24) is 0 Å². The van der Waals surface area contributed by atoms with Gasteiger partial charge >= 0.3 is 0 Å². The Morgan fingerprint density at radius 2 is 2.60 bits per heavy atom. The third-order valence-electron chi connectivity index (χ3n) is 2.11. The molecular formula is C9H15N. The predicted octanol–water partition coefficient (Wildman–Crippen LogP) is 2.43. The van der Waals surface area contributed by atoms with E-state index in [0.717, 1.165) is 13.0 Å². The summed E-state index contributed by atoms with van der Waals surface area (Å²) in [7, 11) is 0. The van der Waals surface area contributed by atoms with Crippen LogP contribution in [0.15, 0.2) is 17.6 Å². The summed E-state index contributed by atoms with van der Waals surface area (Å²) >= 11 is 0. The minimum Gasteiger partial charge on any atom is -0.294 e. The van der Waals surface area contributed by atoms with Gasteiger partial charge in [0.05, 0.1) is 0 Å². The van der Waals surface area contributed by atoms with Gasteiger partial charge in [-0.1, -0.05) is 6.08 Å². The first-order valence-corrected chi connectivity index (χ1v) is 3.96. The molecular weight excluding hydrogens is 122 g/mol. The van der Waals surface area contributed by atoms with Crippen molar-refractivity contribution in [2.75, 3.05) is 6.54 Å². The third kappa shape index (κ3) is 1.69. The minimum atomic E-state index is 0.700. The Bertz CT molecular complexity index is 147. The number of rotatable bonds is 2. The highest BCUT2D eigenvalue weighted by Crippen LogP contribution is 2.18. The van der Waals surface area contributed by atoms with Gasteiger partial charge in [0.15, 0.2) is 0 Å². The summed E-state index contributed by atoms with van der Waals surface area (Å²) in [6, 6.07) is 0. The molecule has 1 aliphatic rings. The zero-order valence-electron chi connectivity index (χ0n) is 6.64. The normalized spacial score (nSPS) is 25.7. The molecule has 0 fully saturated rings. The summed E-state index contributed by atoms with van der Waals surface area (Å²) in [6.45, 7) is 6.91. The quantitative estimate of drug-likeness (QED) is 0.518. The highest BCUT2D eigenvalue weighted by molar-refractivity contribution is 5.84. The first-order valence-electron chi connectivity index (χ1n) is 3.96. The second-order valence-corrected chi connectivity index (χ2v) is 2.89. The van der Waals surface area contributed by atoms with Crippen molar-refractivity contribution in [2.45, 2.75) is 26.2 Å². The Morgan fingerprint density at radius 3 is 3.20 bits per heavy atom. The van der Waals surface area contributed by atoms with E-state index < -0.39 is 0 Å². The minimum absolute atomic E-state index is 0.700. The molecule has 10 heavy (non-hydrogen) atoms. The van der Waals surface area contributed by atoms with Crippen LogP contribution in [0.1, 0.15) is 26.2 Å². The van der Waals surface area contributed by atoms with Crippen molar-refractivity contribution in [3.8, 4) is 0 Å². The van der Waals surface area contributed by atoms with Gasteiger partial charge in [-0.2, -0.15) is 0 Å². The summed E-state index contributed by atoms with van der Waals surface area (Å²) < 4.78 is 0. The Kier molecular flexibility index (Phi) is 2.67. The fraction of sp³-hybridized carbons (Fsp3) is 0.667. The number of aliphatic imine (C=N–C) groups is 1. The molecule has 0 saturated carbocycles. The highest BCUT2D eigenvalue weighted by Gasteiger charge is 2.12. The van der Waals surface area contributed by atoms with Crippen LogP contribution in [0.25, 0.3) is 0 Å².